The van der Waals surface area contributed by atoms with Crippen molar-refractivity contribution in [3.05, 3.63) is 34.0 Å². The van der Waals surface area contributed by atoms with Gasteiger partial charge in [-0.15, -0.1) is 22.7 Å². The Morgan fingerprint density at radius 3 is 3.04 bits per heavy atom. The van der Waals surface area contributed by atoms with Crippen LogP contribution in [0, 0.1) is 0 Å². The van der Waals surface area contributed by atoms with Gasteiger partial charge in [0.05, 0.1) is 4.88 Å². The van der Waals surface area contributed by atoms with Gasteiger partial charge >= 0.3 is 0 Å². The highest BCUT2D eigenvalue weighted by atomic mass is 32.2. The van der Waals surface area contributed by atoms with Crippen LogP contribution in [0.2, 0.25) is 0 Å². The average molecular weight is 382 g/mol. The van der Waals surface area contributed by atoms with Gasteiger partial charge in [-0.25, -0.2) is 4.98 Å². The summed E-state index contributed by atoms with van der Waals surface area (Å²) in [7, 11) is 0. The third-order valence-electron chi connectivity index (χ3n) is 3.80. The Hall–Kier alpha value is -1.38. The molecule has 1 saturated heterocycles. The number of hydrogen-bond donors (Lipinski definition) is 1. The summed E-state index contributed by atoms with van der Waals surface area (Å²) in [4.78, 5) is 31.5. The topological polar surface area (TPSA) is 62.3 Å². The van der Waals surface area contributed by atoms with E-state index in [4.69, 9.17) is 0 Å². The number of carbonyl (C=O) groups excluding carboxylic acids is 2. The van der Waals surface area contributed by atoms with E-state index in [-0.39, 0.29) is 17.9 Å². The number of nitrogens with one attached hydrogen (secondary N) is 1. The molecule has 5 nitrogen and oxygen atoms in total. The molecule has 0 saturated carbocycles. The van der Waals surface area contributed by atoms with Crippen LogP contribution >= 0.6 is 34.4 Å². The third-order valence-corrected chi connectivity index (χ3v) is 6.71. The molecule has 2 amide bonds. The van der Waals surface area contributed by atoms with Crippen molar-refractivity contribution in [3.63, 3.8) is 0 Å². The Labute approximate surface area is 153 Å². The van der Waals surface area contributed by atoms with Crippen molar-refractivity contribution in [3.8, 4) is 0 Å². The quantitative estimate of drug-likeness (QED) is 0.591. The van der Waals surface area contributed by atoms with E-state index in [1.807, 2.05) is 22.9 Å². The van der Waals surface area contributed by atoms with Crippen LogP contribution in [0.5, 0.6) is 0 Å². The number of thiazole rings is 1. The van der Waals surface area contributed by atoms with Crippen molar-refractivity contribution in [1.82, 2.24) is 15.2 Å². The van der Waals surface area contributed by atoms with Crippen molar-refractivity contribution in [2.24, 2.45) is 0 Å². The number of thioether (sulfide) groups is 1. The summed E-state index contributed by atoms with van der Waals surface area (Å²) in [5, 5.41) is 6.82. The standard InChI is InChI=1S/C16H19N3O2S3/c20-14(17-6-3-10-23-16-18-7-11-24-16)12-4-1-8-19(12)15(21)13-5-2-9-22-13/h2,5,7,9,11-12H,1,3-4,6,8,10H2,(H,17,20)/t12-/m0/s1. The first-order valence-electron chi connectivity index (χ1n) is 7.90. The van der Waals surface area contributed by atoms with Crippen LogP contribution < -0.4 is 5.32 Å². The van der Waals surface area contributed by atoms with Crippen molar-refractivity contribution < 1.29 is 9.59 Å². The Morgan fingerprint density at radius 1 is 1.38 bits per heavy atom. The molecule has 3 rings (SSSR count). The van der Waals surface area contributed by atoms with Crippen LogP contribution in [0.4, 0.5) is 0 Å². The predicted octanol–water partition coefficient (Wildman–Crippen LogP) is 3.11. The lowest BCUT2D eigenvalue weighted by atomic mass is 10.2. The zero-order chi connectivity index (χ0) is 16.8. The monoisotopic (exact) mass is 381 g/mol. The zero-order valence-corrected chi connectivity index (χ0v) is 15.6. The molecule has 8 heteroatoms. The van der Waals surface area contributed by atoms with E-state index in [1.165, 1.54) is 11.3 Å². The van der Waals surface area contributed by atoms with Gasteiger partial charge in [-0.1, -0.05) is 17.8 Å². The smallest absolute Gasteiger partial charge is 0.264 e. The number of rotatable bonds is 7. The number of likely N-dealkylation sites (tertiary alicyclic amines) is 1. The SMILES string of the molecule is O=C(NCCCSc1nccs1)[C@@H]1CCCN1C(=O)c1cccs1. The van der Waals surface area contributed by atoms with Crippen molar-refractivity contribution in [2.75, 3.05) is 18.8 Å². The van der Waals surface area contributed by atoms with Gasteiger partial charge in [-0.3, -0.25) is 9.59 Å². The number of amides is 2. The highest BCUT2D eigenvalue weighted by Gasteiger charge is 2.34. The summed E-state index contributed by atoms with van der Waals surface area (Å²) < 4.78 is 1.06. The molecule has 1 N–H and O–H groups in total. The van der Waals surface area contributed by atoms with Crippen LogP contribution in [-0.2, 0) is 4.79 Å². The third kappa shape index (κ3) is 4.37. The first-order chi connectivity index (χ1) is 11.8. The molecule has 0 spiro atoms. The van der Waals surface area contributed by atoms with Gasteiger partial charge in [0.2, 0.25) is 5.91 Å². The number of carbonyl (C=O) groups is 2. The molecule has 128 valence electrons. The van der Waals surface area contributed by atoms with E-state index in [0.29, 0.717) is 18.0 Å². The Bertz CT molecular complexity index is 658. The van der Waals surface area contributed by atoms with Crippen LogP contribution in [0.25, 0.3) is 0 Å². The summed E-state index contributed by atoms with van der Waals surface area (Å²) in [5.41, 5.74) is 0. The maximum atomic E-state index is 12.5. The van der Waals surface area contributed by atoms with Crippen molar-refractivity contribution in [1.29, 1.82) is 0 Å². The highest BCUT2D eigenvalue weighted by Crippen LogP contribution is 2.23. The van der Waals surface area contributed by atoms with E-state index in [0.717, 1.165) is 29.4 Å². The summed E-state index contributed by atoms with van der Waals surface area (Å²) in [6.45, 7) is 1.30. The van der Waals surface area contributed by atoms with Gasteiger partial charge in [0.25, 0.3) is 5.91 Å². The first-order valence-corrected chi connectivity index (χ1v) is 10.6. The summed E-state index contributed by atoms with van der Waals surface area (Å²) in [5.74, 6) is 0.870. The maximum absolute atomic E-state index is 12.5. The molecule has 1 aliphatic rings. The molecule has 0 unspecified atom stereocenters. The molecule has 3 heterocycles. The number of hydrogen-bond acceptors (Lipinski definition) is 6. The molecule has 2 aromatic heterocycles. The highest BCUT2D eigenvalue weighted by molar-refractivity contribution is 8.00. The van der Waals surface area contributed by atoms with E-state index >= 15 is 0 Å². The second-order valence-corrected chi connectivity index (χ2v) is 8.61. The van der Waals surface area contributed by atoms with Gasteiger partial charge in [0, 0.05) is 30.4 Å². The molecular formula is C16H19N3O2S3. The largest absolute Gasteiger partial charge is 0.354 e. The molecule has 0 radical (unpaired) electrons. The summed E-state index contributed by atoms with van der Waals surface area (Å²) >= 11 is 4.76. The second-order valence-electron chi connectivity index (χ2n) is 5.42. The van der Waals surface area contributed by atoms with Crippen molar-refractivity contribution in [2.45, 2.75) is 29.6 Å². The molecular weight excluding hydrogens is 362 g/mol. The lowest BCUT2D eigenvalue weighted by Crippen LogP contribution is -2.46. The fraction of sp³-hybridized carbons (Fsp3) is 0.438. The van der Waals surface area contributed by atoms with Crippen LogP contribution in [0.3, 0.4) is 0 Å². The molecule has 0 aromatic carbocycles. The Kier molecular flexibility index (Phi) is 6.28. The van der Waals surface area contributed by atoms with Crippen molar-refractivity contribution >= 4 is 46.2 Å². The van der Waals surface area contributed by atoms with E-state index < -0.39 is 0 Å². The molecule has 24 heavy (non-hydrogen) atoms. The minimum Gasteiger partial charge on any atom is -0.354 e. The summed E-state index contributed by atoms with van der Waals surface area (Å²) in [6, 6.07) is 3.35. The first kappa shape index (κ1) is 17.4. The number of thiophene rings is 1. The molecule has 0 bridgehead atoms. The Balaban J connectivity index is 1.43. The zero-order valence-electron chi connectivity index (χ0n) is 13.1. The van der Waals surface area contributed by atoms with Gasteiger partial charge in [-0.05, 0) is 30.7 Å². The fourth-order valence-electron chi connectivity index (χ4n) is 2.67. The molecule has 2 aromatic rings. The number of nitrogens with zero attached hydrogens (tertiary/aromatic N) is 2. The van der Waals surface area contributed by atoms with Crippen LogP contribution in [0.1, 0.15) is 28.9 Å². The molecule has 1 atom stereocenters. The van der Waals surface area contributed by atoms with Crippen LogP contribution in [0.15, 0.2) is 33.4 Å². The van der Waals surface area contributed by atoms with E-state index in [2.05, 4.69) is 10.3 Å². The lowest BCUT2D eigenvalue weighted by molar-refractivity contribution is -0.124. The maximum Gasteiger partial charge on any atom is 0.264 e. The van der Waals surface area contributed by atoms with Gasteiger partial charge in [-0.2, -0.15) is 0 Å². The summed E-state index contributed by atoms with van der Waals surface area (Å²) in [6.07, 6.45) is 4.32. The second kappa shape index (κ2) is 8.64. The molecule has 1 fully saturated rings. The fourth-order valence-corrected chi connectivity index (χ4v) is 4.99. The number of aromatic nitrogens is 1. The van der Waals surface area contributed by atoms with Gasteiger partial charge in [0.15, 0.2) is 0 Å². The lowest BCUT2D eigenvalue weighted by Gasteiger charge is -2.23. The van der Waals surface area contributed by atoms with E-state index in [1.54, 1.807) is 34.2 Å². The van der Waals surface area contributed by atoms with Gasteiger partial charge < -0.3 is 10.2 Å². The Morgan fingerprint density at radius 2 is 2.29 bits per heavy atom. The predicted molar refractivity (Wildman–Crippen MR) is 98.8 cm³/mol. The minimum atomic E-state index is -0.328. The molecule has 1 aliphatic heterocycles. The molecule has 0 aliphatic carbocycles. The normalized spacial score (nSPS) is 17.2. The average Bonchev–Trinajstić information content (AvgIpc) is 3.34. The van der Waals surface area contributed by atoms with Crippen LogP contribution in [-0.4, -0.2) is 46.6 Å². The van der Waals surface area contributed by atoms with E-state index in [9.17, 15) is 9.59 Å². The minimum absolute atomic E-state index is 0.0259. The van der Waals surface area contributed by atoms with Gasteiger partial charge in [0.1, 0.15) is 10.4 Å².